The summed E-state index contributed by atoms with van der Waals surface area (Å²) in [4.78, 5) is 15.8. The van der Waals surface area contributed by atoms with Crippen LogP contribution in [0.4, 0.5) is 0 Å². The van der Waals surface area contributed by atoms with Gasteiger partial charge in [0, 0.05) is 19.4 Å². The Morgan fingerprint density at radius 3 is 2.76 bits per heavy atom. The maximum atomic E-state index is 11.9. The Morgan fingerprint density at radius 1 is 1.59 bits per heavy atom. The lowest BCUT2D eigenvalue weighted by atomic mass is 10.0. The van der Waals surface area contributed by atoms with Gasteiger partial charge in [-0.3, -0.25) is 4.79 Å². The van der Waals surface area contributed by atoms with Crippen LogP contribution < -0.4 is 5.32 Å². The number of rotatable bonds is 2. The predicted octanol–water partition coefficient (Wildman–Crippen LogP) is -0.273. The van der Waals surface area contributed by atoms with Crippen molar-refractivity contribution in [3.05, 3.63) is 18.2 Å². The van der Waals surface area contributed by atoms with Crippen LogP contribution in [0.15, 0.2) is 12.4 Å². The summed E-state index contributed by atoms with van der Waals surface area (Å²) >= 11 is 0. The van der Waals surface area contributed by atoms with E-state index in [0.29, 0.717) is 6.42 Å². The van der Waals surface area contributed by atoms with Crippen LogP contribution >= 0.6 is 0 Å². The molecule has 0 bridgehead atoms. The minimum atomic E-state index is -3.02. The third kappa shape index (κ3) is 2.49. The van der Waals surface area contributed by atoms with Crippen molar-refractivity contribution >= 4 is 15.7 Å². The third-order valence-corrected chi connectivity index (χ3v) is 4.85. The zero-order chi connectivity index (χ0) is 12.7. The molecule has 1 aromatic heterocycles. The highest BCUT2D eigenvalue weighted by molar-refractivity contribution is 7.91. The third-order valence-electron chi connectivity index (χ3n) is 2.94. The van der Waals surface area contributed by atoms with Crippen molar-refractivity contribution < 1.29 is 13.2 Å². The molecule has 1 fully saturated rings. The maximum Gasteiger partial charge on any atom is 0.287 e. The molecule has 1 aliphatic heterocycles. The van der Waals surface area contributed by atoms with Crippen LogP contribution in [0.25, 0.3) is 0 Å². The molecule has 17 heavy (non-hydrogen) atoms. The van der Waals surface area contributed by atoms with E-state index in [9.17, 15) is 13.2 Å². The number of sulfone groups is 1. The van der Waals surface area contributed by atoms with Crippen LogP contribution in [-0.2, 0) is 16.9 Å². The summed E-state index contributed by atoms with van der Waals surface area (Å²) in [6.45, 7) is 1.75. The zero-order valence-corrected chi connectivity index (χ0v) is 10.6. The fourth-order valence-corrected chi connectivity index (χ4v) is 4.12. The molecule has 0 spiro atoms. The van der Waals surface area contributed by atoms with Crippen molar-refractivity contribution in [2.24, 2.45) is 7.05 Å². The van der Waals surface area contributed by atoms with Crippen LogP contribution in [0.5, 0.6) is 0 Å². The zero-order valence-electron chi connectivity index (χ0n) is 9.80. The summed E-state index contributed by atoms with van der Waals surface area (Å²) in [6, 6.07) is 0. The molecule has 0 unspecified atom stereocenters. The first-order valence-corrected chi connectivity index (χ1v) is 7.14. The normalized spacial score (nSPS) is 26.9. The first-order valence-electron chi connectivity index (χ1n) is 5.32. The number of nitrogens with one attached hydrogen (secondary N) is 1. The number of amides is 1. The van der Waals surface area contributed by atoms with Gasteiger partial charge >= 0.3 is 0 Å². The molecule has 2 heterocycles. The molecule has 1 aliphatic rings. The first kappa shape index (κ1) is 12.1. The van der Waals surface area contributed by atoms with Gasteiger partial charge in [-0.2, -0.15) is 0 Å². The summed E-state index contributed by atoms with van der Waals surface area (Å²) in [6.07, 6.45) is 3.65. The van der Waals surface area contributed by atoms with Gasteiger partial charge in [-0.05, 0) is 13.3 Å². The second-order valence-corrected chi connectivity index (χ2v) is 6.90. The minimum absolute atomic E-state index is 0.00381. The fourth-order valence-electron chi connectivity index (χ4n) is 2.02. The van der Waals surface area contributed by atoms with E-state index in [1.165, 1.54) is 6.20 Å². The largest absolute Gasteiger partial charge is 0.343 e. The van der Waals surface area contributed by atoms with Crippen LogP contribution in [0, 0.1) is 0 Å². The number of hydrogen-bond donors (Lipinski definition) is 1. The second kappa shape index (κ2) is 3.83. The summed E-state index contributed by atoms with van der Waals surface area (Å²) in [7, 11) is -1.30. The van der Waals surface area contributed by atoms with Crippen LogP contribution in [-0.4, -0.2) is 40.9 Å². The van der Waals surface area contributed by atoms with E-state index in [1.807, 2.05) is 0 Å². The van der Waals surface area contributed by atoms with Gasteiger partial charge in [-0.15, -0.1) is 0 Å². The maximum absolute atomic E-state index is 11.9. The molecule has 0 radical (unpaired) electrons. The van der Waals surface area contributed by atoms with Crippen LogP contribution in [0.3, 0.4) is 0 Å². The molecule has 0 aromatic carbocycles. The van der Waals surface area contributed by atoms with E-state index in [0.717, 1.165) is 0 Å². The highest BCUT2D eigenvalue weighted by Crippen LogP contribution is 2.23. The van der Waals surface area contributed by atoms with Crippen molar-refractivity contribution in [2.75, 3.05) is 11.5 Å². The highest BCUT2D eigenvalue weighted by Gasteiger charge is 2.39. The fraction of sp³-hybridized carbons (Fsp3) is 0.600. The Balaban J connectivity index is 2.13. The van der Waals surface area contributed by atoms with Gasteiger partial charge in [0.1, 0.15) is 0 Å². The molecule has 94 valence electrons. The molecule has 1 amide bonds. The van der Waals surface area contributed by atoms with E-state index in [2.05, 4.69) is 10.3 Å². The smallest absolute Gasteiger partial charge is 0.287 e. The van der Waals surface area contributed by atoms with E-state index in [-0.39, 0.29) is 23.2 Å². The quantitative estimate of drug-likeness (QED) is 0.790. The Hall–Kier alpha value is -1.37. The van der Waals surface area contributed by atoms with E-state index < -0.39 is 15.4 Å². The SMILES string of the molecule is Cn1ccnc1C(=O)N[C@]1(C)CCS(=O)(=O)C1. The van der Waals surface area contributed by atoms with Crippen LogP contribution in [0.1, 0.15) is 24.0 Å². The lowest BCUT2D eigenvalue weighted by Gasteiger charge is -2.23. The van der Waals surface area contributed by atoms with E-state index in [1.54, 1.807) is 24.7 Å². The summed E-state index contributed by atoms with van der Waals surface area (Å²) < 4.78 is 24.4. The van der Waals surface area contributed by atoms with Crippen molar-refractivity contribution in [3.63, 3.8) is 0 Å². The van der Waals surface area contributed by atoms with Gasteiger partial charge in [0.25, 0.3) is 5.91 Å². The molecule has 2 rings (SSSR count). The van der Waals surface area contributed by atoms with Gasteiger partial charge in [-0.1, -0.05) is 0 Å². The summed E-state index contributed by atoms with van der Waals surface area (Å²) in [5, 5.41) is 2.75. The average molecular weight is 257 g/mol. The molecule has 0 saturated carbocycles. The molecule has 0 aliphatic carbocycles. The second-order valence-electron chi connectivity index (χ2n) is 4.72. The van der Waals surface area contributed by atoms with Crippen molar-refractivity contribution in [1.29, 1.82) is 0 Å². The first-order chi connectivity index (χ1) is 7.81. The molecule has 7 heteroatoms. The molecule has 1 N–H and O–H groups in total. The molecular formula is C10H15N3O3S. The van der Waals surface area contributed by atoms with Crippen molar-refractivity contribution in [3.8, 4) is 0 Å². The Bertz CT molecular complexity index is 549. The van der Waals surface area contributed by atoms with Crippen molar-refractivity contribution in [2.45, 2.75) is 18.9 Å². The number of carbonyl (C=O) groups excluding carboxylic acids is 1. The van der Waals surface area contributed by atoms with Gasteiger partial charge in [-0.25, -0.2) is 13.4 Å². The Morgan fingerprint density at radius 2 is 2.29 bits per heavy atom. The van der Waals surface area contributed by atoms with Crippen molar-refractivity contribution in [1.82, 2.24) is 14.9 Å². The highest BCUT2D eigenvalue weighted by atomic mass is 32.2. The standard InChI is InChI=1S/C10H15N3O3S/c1-10(3-6-17(15,16)7-10)12-9(14)8-11-4-5-13(8)2/h4-5H,3,6-7H2,1-2H3,(H,12,14)/t10-/m1/s1. The number of aromatic nitrogens is 2. The van der Waals surface area contributed by atoms with Gasteiger partial charge in [0.15, 0.2) is 15.7 Å². The molecular weight excluding hydrogens is 242 g/mol. The summed E-state index contributed by atoms with van der Waals surface area (Å²) in [5.74, 6) is 0.0770. The number of nitrogens with zero attached hydrogens (tertiary/aromatic N) is 2. The topological polar surface area (TPSA) is 81.1 Å². The number of carbonyl (C=O) groups is 1. The average Bonchev–Trinajstić information content (AvgIpc) is 2.70. The minimum Gasteiger partial charge on any atom is -0.343 e. The van der Waals surface area contributed by atoms with Gasteiger partial charge in [0.05, 0.1) is 17.0 Å². The number of hydrogen-bond acceptors (Lipinski definition) is 4. The van der Waals surface area contributed by atoms with Gasteiger partial charge in [0.2, 0.25) is 0 Å². The Labute approximate surface area is 100.0 Å². The molecule has 1 saturated heterocycles. The lowest BCUT2D eigenvalue weighted by molar-refractivity contribution is 0.0901. The van der Waals surface area contributed by atoms with E-state index in [4.69, 9.17) is 0 Å². The Kier molecular flexibility index (Phi) is 2.73. The molecule has 1 atom stereocenters. The van der Waals surface area contributed by atoms with Crippen LogP contribution in [0.2, 0.25) is 0 Å². The predicted molar refractivity (Wildman–Crippen MR) is 62.4 cm³/mol. The monoisotopic (exact) mass is 257 g/mol. The number of aryl methyl sites for hydroxylation is 1. The van der Waals surface area contributed by atoms with Gasteiger partial charge < -0.3 is 9.88 Å². The van der Waals surface area contributed by atoms with E-state index >= 15 is 0 Å². The molecule has 1 aromatic rings. The summed E-state index contributed by atoms with van der Waals surface area (Å²) in [5.41, 5.74) is -0.679. The molecule has 6 nitrogen and oxygen atoms in total. The number of imidazole rings is 1. The lowest BCUT2D eigenvalue weighted by Crippen LogP contribution is -2.47.